The van der Waals surface area contributed by atoms with E-state index in [0.717, 1.165) is 40.9 Å². The van der Waals surface area contributed by atoms with Crippen LogP contribution in [0.2, 0.25) is 10.0 Å². The van der Waals surface area contributed by atoms with Crippen molar-refractivity contribution in [2.24, 2.45) is 5.41 Å². The lowest BCUT2D eigenvalue weighted by molar-refractivity contribution is 0.0796. The monoisotopic (exact) mass is 520 g/mol. The highest BCUT2D eigenvalue weighted by molar-refractivity contribution is 7.18. The highest BCUT2D eigenvalue weighted by atomic mass is 35.5. The van der Waals surface area contributed by atoms with Crippen LogP contribution in [0.4, 0.5) is 0 Å². The second-order valence-electron chi connectivity index (χ2n) is 10.6. The molecular formula is C29H26Cl2N2OS. The Morgan fingerprint density at radius 3 is 2.31 bits per heavy atom. The van der Waals surface area contributed by atoms with E-state index in [4.69, 9.17) is 32.7 Å². The van der Waals surface area contributed by atoms with Gasteiger partial charge in [0.1, 0.15) is 11.5 Å². The van der Waals surface area contributed by atoms with E-state index < -0.39 is 0 Å². The van der Waals surface area contributed by atoms with Crippen LogP contribution in [0.1, 0.15) is 73.6 Å². The highest BCUT2D eigenvalue weighted by Gasteiger charge is 2.49. The molecule has 0 N–H and O–H groups in total. The molecule has 0 unspecified atom stereocenters. The molecule has 4 saturated carbocycles. The molecular weight excluding hydrogens is 495 g/mol. The zero-order chi connectivity index (χ0) is 23.6. The van der Waals surface area contributed by atoms with Gasteiger partial charge < -0.3 is 4.52 Å². The fourth-order valence-electron chi connectivity index (χ4n) is 6.16. The smallest absolute Gasteiger partial charge is 0.147 e. The minimum absolute atomic E-state index is 0.234. The fraction of sp³-hybridized carbons (Fsp3) is 0.379. The van der Waals surface area contributed by atoms with Gasteiger partial charge in [0, 0.05) is 22.5 Å². The van der Waals surface area contributed by atoms with Crippen LogP contribution in [0, 0.1) is 5.41 Å². The quantitative estimate of drug-likeness (QED) is 0.263. The molecule has 0 radical (unpaired) electrons. The van der Waals surface area contributed by atoms with Crippen LogP contribution in [-0.4, -0.2) is 10.1 Å². The van der Waals surface area contributed by atoms with Gasteiger partial charge in [0.25, 0.3) is 0 Å². The molecule has 4 aromatic rings. The summed E-state index contributed by atoms with van der Waals surface area (Å²) >= 11 is 15.0. The van der Waals surface area contributed by atoms with Crippen LogP contribution in [0.15, 0.2) is 53.1 Å². The van der Waals surface area contributed by atoms with Crippen LogP contribution in [0.25, 0.3) is 27.6 Å². The van der Waals surface area contributed by atoms with Gasteiger partial charge in [0.05, 0.1) is 25.3 Å². The van der Waals surface area contributed by atoms with Gasteiger partial charge in [-0.05, 0) is 81.0 Å². The first-order valence-corrected chi connectivity index (χ1v) is 14.1. The van der Waals surface area contributed by atoms with E-state index in [-0.39, 0.29) is 10.8 Å². The first-order chi connectivity index (χ1) is 17.1. The Bertz CT molecular complexity index is 1390. The lowest BCUT2D eigenvalue weighted by Crippen LogP contribution is -2.43. The van der Waals surface area contributed by atoms with Crippen molar-refractivity contribution in [1.82, 2.24) is 10.1 Å². The molecule has 2 heterocycles. The van der Waals surface area contributed by atoms with E-state index in [9.17, 15) is 0 Å². The van der Waals surface area contributed by atoms with Crippen molar-refractivity contribution in [3.05, 3.63) is 74.9 Å². The van der Waals surface area contributed by atoms with Gasteiger partial charge in [-0.3, -0.25) is 0 Å². The summed E-state index contributed by atoms with van der Waals surface area (Å²) in [6.07, 6.45) is 14.3. The third-order valence-electron chi connectivity index (χ3n) is 8.56. The second-order valence-corrected chi connectivity index (χ2v) is 12.5. The minimum Gasteiger partial charge on any atom is -0.360 e. The lowest BCUT2D eigenvalue weighted by atomic mass is 9.54. The average molecular weight is 522 g/mol. The summed E-state index contributed by atoms with van der Waals surface area (Å²) in [6.45, 7) is 0. The molecule has 8 rings (SSSR count). The molecule has 2 aromatic carbocycles. The number of hydrogen-bond donors (Lipinski definition) is 0. The van der Waals surface area contributed by atoms with Crippen LogP contribution in [0.3, 0.4) is 0 Å². The summed E-state index contributed by atoms with van der Waals surface area (Å²) in [7, 11) is 0. The molecule has 3 nitrogen and oxygen atoms in total. The van der Waals surface area contributed by atoms with E-state index in [1.807, 2.05) is 29.5 Å². The van der Waals surface area contributed by atoms with Crippen molar-refractivity contribution in [3.8, 4) is 11.3 Å². The maximum Gasteiger partial charge on any atom is 0.147 e. The van der Waals surface area contributed by atoms with E-state index in [0.29, 0.717) is 16.0 Å². The Kier molecular flexibility index (Phi) is 5.17. The maximum absolute atomic E-state index is 6.56. The minimum atomic E-state index is 0.234. The molecule has 178 valence electrons. The molecule has 6 heteroatoms. The van der Waals surface area contributed by atoms with E-state index in [2.05, 4.69) is 41.6 Å². The molecule has 4 aliphatic carbocycles. The van der Waals surface area contributed by atoms with Crippen LogP contribution < -0.4 is 0 Å². The van der Waals surface area contributed by atoms with Gasteiger partial charge >= 0.3 is 0 Å². The maximum atomic E-state index is 6.56. The van der Waals surface area contributed by atoms with Crippen molar-refractivity contribution in [3.63, 3.8) is 0 Å². The topological polar surface area (TPSA) is 38.9 Å². The van der Waals surface area contributed by atoms with E-state index >= 15 is 0 Å². The van der Waals surface area contributed by atoms with Crippen LogP contribution >= 0.6 is 34.5 Å². The molecule has 2 aromatic heterocycles. The van der Waals surface area contributed by atoms with Gasteiger partial charge in [-0.25, -0.2) is 4.98 Å². The third-order valence-corrected chi connectivity index (χ3v) is 10.5. The highest BCUT2D eigenvalue weighted by Crippen LogP contribution is 2.59. The summed E-state index contributed by atoms with van der Waals surface area (Å²) in [4.78, 5) is 5.07. The SMILES string of the molecule is Clc1cccc(Cl)c1-c1noc(C2CC2)c1/C=C\C12CCC(c3nc4ccccc4s3)(CC1)CC2. The van der Waals surface area contributed by atoms with Crippen molar-refractivity contribution in [2.75, 3.05) is 0 Å². The number of halogens is 2. The van der Waals surface area contributed by atoms with Gasteiger partial charge in [-0.15, -0.1) is 11.3 Å². The standard InChI is InChI=1S/C29H26Cl2N2OS/c30-20-4-3-5-21(31)24(20)25-19(26(34-33-25)18-8-9-18)10-11-28-12-15-29(16-13-28,17-14-28)27-32-22-6-1-2-7-23(22)35-27/h1-7,10-11,18H,8-9,12-17H2/b11-10-. The fourth-order valence-corrected chi connectivity index (χ4v) is 7.98. The average Bonchev–Trinajstić information content (AvgIpc) is 3.49. The summed E-state index contributed by atoms with van der Waals surface area (Å²) in [5, 5.41) is 7.03. The molecule has 0 aliphatic heterocycles. The molecule has 0 atom stereocenters. The number of hydrogen-bond acceptors (Lipinski definition) is 4. The van der Waals surface area contributed by atoms with Crippen molar-refractivity contribution < 1.29 is 4.52 Å². The van der Waals surface area contributed by atoms with Crippen molar-refractivity contribution >= 4 is 50.8 Å². The van der Waals surface area contributed by atoms with E-state index in [1.54, 1.807) is 0 Å². The number of aromatic nitrogens is 2. The van der Waals surface area contributed by atoms with Crippen molar-refractivity contribution in [1.29, 1.82) is 0 Å². The summed E-state index contributed by atoms with van der Waals surface area (Å²) in [5.41, 5.74) is 4.24. The second kappa shape index (κ2) is 8.19. The van der Waals surface area contributed by atoms with Crippen molar-refractivity contribution in [2.45, 2.75) is 62.7 Å². The Balaban J connectivity index is 1.19. The normalized spacial score (nSPS) is 26.2. The number of allylic oxidation sites excluding steroid dienone is 1. The number of para-hydroxylation sites is 1. The Hall–Kier alpha value is -2.14. The Morgan fingerprint density at radius 2 is 1.63 bits per heavy atom. The molecule has 0 spiro atoms. The molecule has 4 fully saturated rings. The lowest BCUT2D eigenvalue weighted by Gasteiger charge is -2.51. The molecule has 2 bridgehead atoms. The molecule has 35 heavy (non-hydrogen) atoms. The molecule has 0 saturated heterocycles. The zero-order valence-corrected chi connectivity index (χ0v) is 21.7. The Labute approximate surface area is 219 Å². The van der Waals surface area contributed by atoms with Gasteiger partial charge in [0.15, 0.2) is 0 Å². The molecule has 4 aliphatic rings. The number of fused-ring (bicyclic) bond motifs is 4. The predicted octanol–water partition coefficient (Wildman–Crippen LogP) is 9.44. The predicted molar refractivity (Wildman–Crippen MR) is 144 cm³/mol. The number of nitrogens with zero attached hydrogens (tertiary/aromatic N) is 2. The summed E-state index contributed by atoms with van der Waals surface area (Å²) in [6, 6.07) is 14.1. The third kappa shape index (κ3) is 3.68. The zero-order valence-electron chi connectivity index (χ0n) is 19.4. The first kappa shape index (κ1) is 22.1. The van der Waals surface area contributed by atoms with Gasteiger partial charge in [0.2, 0.25) is 0 Å². The van der Waals surface area contributed by atoms with Gasteiger partial charge in [-0.1, -0.05) is 58.7 Å². The van der Waals surface area contributed by atoms with Gasteiger partial charge in [-0.2, -0.15) is 0 Å². The first-order valence-electron chi connectivity index (χ1n) is 12.6. The van der Waals surface area contributed by atoms with Crippen LogP contribution in [-0.2, 0) is 5.41 Å². The Morgan fingerprint density at radius 1 is 0.914 bits per heavy atom. The van der Waals surface area contributed by atoms with E-state index in [1.165, 1.54) is 48.2 Å². The number of thiazole rings is 1. The summed E-state index contributed by atoms with van der Waals surface area (Å²) in [5.74, 6) is 1.44. The number of benzene rings is 2. The van der Waals surface area contributed by atoms with Crippen LogP contribution in [0.5, 0.6) is 0 Å². The summed E-state index contributed by atoms with van der Waals surface area (Å²) < 4.78 is 7.19. The largest absolute Gasteiger partial charge is 0.360 e. The number of rotatable bonds is 5. The molecule has 0 amide bonds.